The zero-order valence-corrected chi connectivity index (χ0v) is 12.7. The van der Waals surface area contributed by atoms with Gasteiger partial charge in [0.1, 0.15) is 5.82 Å². The molecule has 5 heteroatoms. The average molecular weight is 293 g/mol. The van der Waals surface area contributed by atoms with Crippen LogP contribution < -0.4 is 11.1 Å². The van der Waals surface area contributed by atoms with Gasteiger partial charge in [0, 0.05) is 24.8 Å². The minimum atomic E-state index is -0.411. The lowest BCUT2D eigenvalue weighted by Gasteiger charge is -2.35. The summed E-state index contributed by atoms with van der Waals surface area (Å²) in [6.45, 7) is 5.37. The molecule has 1 amide bonds. The monoisotopic (exact) mass is 293 g/mol. The van der Waals surface area contributed by atoms with Crippen molar-refractivity contribution in [1.82, 2.24) is 4.90 Å². The van der Waals surface area contributed by atoms with Crippen LogP contribution in [0.4, 0.5) is 10.1 Å². The lowest BCUT2D eigenvalue weighted by molar-refractivity contribution is -0.134. The summed E-state index contributed by atoms with van der Waals surface area (Å²) in [5, 5.41) is 3.38. The molecule has 0 bridgehead atoms. The maximum Gasteiger partial charge on any atom is 0.239 e. The van der Waals surface area contributed by atoms with Crippen molar-refractivity contribution in [2.24, 2.45) is 11.7 Å². The molecule has 0 spiro atoms. The van der Waals surface area contributed by atoms with E-state index in [2.05, 4.69) is 5.32 Å². The first kappa shape index (κ1) is 15.8. The highest BCUT2D eigenvalue weighted by molar-refractivity contribution is 5.82. The number of rotatable bonds is 4. The van der Waals surface area contributed by atoms with Gasteiger partial charge >= 0.3 is 0 Å². The van der Waals surface area contributed by atoms with E-state index in [1.54, 1.807) is 12.1 Å². The van der Waals surface area contributed by atoms with Gasteiger partial charge in [0.05, 0.1) is 6.04 Å². The first-order valence-corrected chi connectivity index (χ1v) is 7.54. The van der Waals surface area contributed by atoms with E-state index >= 15 is 0 Å². The fourth-order valence-electron chi connectivity index (χ4n) is 2.52. The Bertz CT molecular complexity index is 467. The molecule has 1 atom stereocenters. The number of nitrogens with zero attached hydrogens (tertiary/aromatic N) is 1. The van der Waals surface area contributed by atoms with Crippen molar-refractivity contribution < 1.29 is 9.18 Å². The number of carbonyl (C=O) groups excluding carboxylic acids is 1. The largest absolute Gasteiger partial charge is 0.382 e. The zero-order chi connectivity index (χ0) is 15.4. The second-order valence-electron chi connectivity index (χ2n) is 6.02. The molecular weight excluding hydrogens is 269 g/mol. The quantitative estimate of drug-likeness (QED) is 0.895. The molecule has 1 aliphatic heterocycles. The van der Waals surface area contributed by atoms with Gasteiger partial charge < -0.3 is 16.0 Å². The highest BCUT2D eigenvalue weighted by atomic mass is 19.1. The van der Waals surface area contributed by atoms with E-state index in [0.717, 1.165) is 31.6 Å². The zero-order valence-electron chi connectivity index (χ0n) is 12.7. The molecule has 1 saturated heterocycles. The molecule has 1 heterocycles. The van der Waals surface area contributed by atoms with E-state index in [0.29, 0.717) is 6.04 Å². The highest BCUT2D eigenvalue weighted by Crippen LogP contribution is 2.18. The Morgan fingerprint density at radius 1 is 1.29 bits per heavy atom. The Kier molecular flexibility index (Phi) is 5.17. The number of hydrogen-bond donors (Lipinski definition) is 2. The molecule has 0 aliphatic carbocycles. The SMILES string of the molecule is CC(C)[C@H](N)C(=O)N1CCC(Nc2ccc(F)cc2)CC1. The molecule has 2 rings (SSSR count). The van der Waals surface area contributed by atoms with Crippen molar-refractivity contribution in [3.63, 3.8) is 0 Å². The summed E-state index contributed by atoms with van der Waals surface area (Å²) in [6, 6.07) is 6.27. The van der Waals surface area contributed by atoms with Gasteiger partial charge in [-0.05, 0) is 43.0 Å². The Morgan fingerprint density at radius 2 is 1.86 bits per heavy atom. The van der Waals surface area contributed by atoms with Gasteiger partial charge in [-0.1, -0.05) is 13.8 Å². The molecule has 0 aromatic heterocycles. The van der Waals surface area contributed by atoms with Crippen molar-refractivity contribution in [1.29, 1.82) is 0 Å². The second-order valence-corrected chi connectivity index (χ2v) is 6.02. The van der Waals surface area contributed by atoms with E-state index in [1.807, 2.05) is 18.7 Å². The molecule has 1 fully saturated rings. The number of amides is 1. The van der Waals surface area contributed by atoms with Crippen LogP contribution >= 0.6 is 0 Å². The highest BCUT2D eigenvalue weighted by Gasteiger charge is 2.27. The van der Waals surface area contributed by atoms with Gasteiger partial charge in [0.25, 0.3) is 0 Å². The topological polar surface area (TPSA) is 58.4 Å². The maximum absolute atomic E-state index is 12.9. The van der Waals surface area contributed by atoms with Crippen LogP contribution in [0.15, 0.2) is 24.3 Å². The minimum absolute atomic E-state index is 0.0465. The number of carbonyl (C=O) groups is 1. The fourth-order valence-corrected chi connectivity index (χ4v) is 2.52. The Labute approximate surface area is 125 Å². The lowest BCUT2D eigenvalue weighted by Crippen LogP contribution is -2.50. The molecule has 3 N–H and O–H groups in total. The molecule has 0 radical (unpaired) electrons. The predicted molar refractivity (Wildman–Crippen MR) is 82.4 cm³/mol. The third kappa shape index (κ3) is 4.17. The molecular formula is C16H24FN3O. The summed E-state index contributed by atoms with van der Waals surface area (Å²) in [5.74, 6) is -0.0264. The Morgan fingerprint density at radius 3 is 2.38 bits per heavy atom. The van der Waals surface area contributed by atoms with Crippen LogP contribution in [0.25, 0.3) is 0 Å². The number of hydrogen-bond acceptors (Lipinski definition) is 3. The normalized spacial score (nSPS) is 17.9. The van der Waals surface area contributed by atoms with Gasteiger partial charge in [-0.2, -0.15) is 0 Å². The summed E-state index contributed by atoms with van der Waals surface area (Å²) in [5.41, 5.74) is 6.84. The second kappa shape index (κ2) is 6.89. The standard InChI is InChI=1S/C16H24FN3O/c1-11(2)15(18)16(21)20-9-7-14(8-10-20)19-13-5-3-12(17)4-6-13/h3-6,11,14-15,19H,7-10,18H2,1-2H3/t15-/m0/s1. The molecule has 21 heavy (non-hydrogen) atoms. The summed E-state index contributed by atoms with van der Waals surface area (Å²) in [4.78, 5) is 14.0. The van der Waals surface area contributed by atoms with Gasteiger partial charge in [-0.3, -0.25) is 4.79 Å². The van der Waals surface area contributed by atoms with Crippen LogP contribution in [0.2, 0.25) is 0 Å². The van der Waals surface area contributed by atoms with E-state index in [-0.39, 0.29) is 17.6 Å². The first-order valence-electron chi connectivity index (χ1n) is 7.54. The van der Waals surface area contributed by atoms with Crippen LogP contribution in [0, 0.1) is 11.7 Å². The average Bonchev–Trinajstić information content (AvgIpc) is 2.49. The van der Waals surface area contributed by atoms with E-state index in [9.17, 15) is 9.18 Å². The Hall–Kier alpha value is -1.62. The molecule has 0 saturated carbocycles. The third-order valence-electron chi connectivity index (χ3n) is 4.03. The van der Waals surface area contributed by atoms with Gasteiger partial charge in [-0.25, -0.2) is 4.39 Å². The molecule has 0 unspecified atom stereocenters. The molecule has 1 aliphatic rings. The van der Waals surface area contributed by atoms with Gasteiger partial charge in [-0.15, -0.1) is 0 Å². The summed E-state index contributed by atoms with van der Waals surface area (Å²) in [6.07, 6.45) is 1.77. The van der Waals surface area contributed by atoms with Gasteiger partial charge in [0.2, 0.25) is 5.91 Å². The lowest BCUT2D eigenvalue weighted by atomic mass is 10.00. The van der Waals surface area contributed by atoms with Crippen LogP contribution in [0.3, 0.4) is 0 Å². The number of anilines is 1. The predicted octanol–water partition coefficient (Wildman–Crippen LogP) is 2.21. The number of nitrogens with two attached hydrogens (primary N) is 1. The summed E-state index contributed by atoms with van der Waals surface area (Å²) >= 11 is 0. The molecule has 4 nitrogen and oxygen atoms in total. The van der Waals surface area contributed by atoms with Crippen molar-refractivity contribution >= 4 is 11.6 Å². The molecule has 116 valence electrons. The smallest absolute Gasteiger partial charge is 0.239 e. The summed E-state index contributed by atoms with van der Waals surface area (Å²) < 4.78 is 12.9. The Balaban J connectivity index is 1.83. The third-order valence-corrected chi connectivity index (χ3v) is 4.03. The molecule has 1 aromatic rings. The van der Waals surface area contributed by atoms with Crippen LogP contribution in [0.5, 0.6) is 0 Å². The summed E-state index contributed by atoms with van der Waals surface area (Å²) in [7, 11) is 0. The number of piperidine rings is 1. The minimum Gasteiger partial charge on any atom is -0.382 e. The number of halogens is 1. The van der Waals surface area contributed by atoms with Crippen molar-refractivity contribution in [2.45, 2.75) is 38.8 Å². The van der Waals surface area contributed by atoms with Crippen LogP contribution in [0.1, 0.15) is 26.7 Å². The number of benzene rings is 1. The van der Waals surface area contributed by atoms with Crippen LogP contribution in [-0.2, 0) is 4.79 Å². The van der Waals surface area contributed by atoms with E-state index < -0.39 is 6.04 Å². The van der Waals surface area contributed by atoms with E-state index in [1.165, 1.54) is 12.1 Å². The number of nitrogens with one attached hydrogen (secondary N) is 1. The van der Waals surface area contributed by atoms with E-state index in [4.69, 9.17) is 5.73 Å². The number of likely N-dealkylation sites (tertiary alicyclic amines) is 1. The van der Waals surface area contributed by atoms with Crippen molar-refractivity contribution in [3.05, 3.63) is 30.1 Å². The first-order chi connectivity index (χ1) is 9.97. The van der Waals surface area contributed by atoms with Crippen LogP contribution in [-0.4, -0.2) is 36.0 Å². The van der Waals surface area contributed by atoms with Gasteiger partial charge in [0.15, 0.2) is 0 Å². The maximum atomic E-state index is 12.9. The van der Waals surface area contributed by atoms with Crippen molar-refractivity contribution in [2.75, 3.05) is 18.4 Å². The molecule has 1 aromatic carbocycles. The fraction of sp³-hybridized carbons (Fsp3) is 0.562. The van der Waals surface area contributed by atoms with Crippen molar-refractivity contribution in [3.8, 4) is 0 Å².